The van der Waals surface area contributed by atoms with Gasteiger partial charge in [0.1, 0.15) is 6.54 Å². The Hall–Kier alpha value is -2.79. The van der Waals surface area contributed by atoms with Gasteiger partial charge in [-0.2, -0.15) is 4.31 Å². The van der Waals surface area contributed by atoms with Crippen LogP contribution in [0.1, 0.15) is 46.0 Å². The Morgan fingerprint density at radius 3 is 2.69 bits per heavy atom. The van der Waals surface area contributed by atoms with Crippen LogP contribution in [0.25, 0.3) is 10.9 Å². The van der Waals surface area contributed by atoms with Crippen molar-refractivity contribution in [1.29, 1.82) is 0 Å². The second-order valence-corrected chi connectivity index (χ2v) is 11.1. The lowest BCUT2D eigenvalue weighted by atomic mass is 9.98. The zero-order valence-corrected chi connectivity index (χ0v) is 21.0. The Morgan fingerprint density at radius 1 is 1.14 bits per heavy atom. The zero-order valence-electron chi connectivity index (χ0n) is 20.2. The maximum Gasteiger partial charge on any atom is 0.348 e. The van der Waals surface area contributed by atoms with Crippen molar-refractivity contribution in [3.63, 3.8) is 0 Å². The summed E-state index contributed by atoms with van der Waals surface area (Å²) in [6.45, 7) is 4.93. The summed E-state index contributed by atoms with van der Waals surface area (Å²) in [7, 11) is -3.69. The molecule has 0 radical (unpaired) electrons. The van der Waals surface area contributed by atoms with Crippen LogP contribution in [0.3, 0.4) is 0 Å². The fourth-order valence-corrected chi connectivity index (χ4v) is 6.68. The molecule has 35 heavy (non-hydrogen) atoms. The quantitative estimate of drug-likeness (QED) is 0.550. The van der Waals surface area contributed by atoms with Gasteiger partial charge in [0, 0.05) is 37.3 Å². The average Bonchev–Trinajstić information content (AvgIpc) is 2.85. The Morgan fingerprint density at radius 2 is 1.94 bits per heavy atom. The van der Waals surface area contributed by atoms with E-state index in [0.717, 1.165) is 19.3 Å². The Kier molecular flexibility index (Phi) is 7.56. The van der Waals surface area contributed by atoms with Gasteiger partial charge < -0.3 is 9.64 Å². The minimum Gasteiger partial charge on any atom is -0.466 e. The minimum absolute atomic E-state index is 0.0721. The molecule has 0 aliphatic carbocycles. The highest BCUT2D eigenvalue weighted by Gasteiger charge is 2.32. The van der Waals surface area contributed by atoms with E-state index in [0.29, 0.717) is 36.8 Å². The van der Waals surface area contributed by atoms with Crippen LogP contribution in [-0.2, 0) is 30.9 Å². The number of hydrogen-bond donors (Lipinski definition) is 0. The van der Waals surface area contributed by atoms with Crippen molar-refractivity contribution < 1.29 is 22.7 Å². The summed E-state index contributed by atoms with van der Waals surface area (Å²) in [5, 5.41) is 0.464. The number of sulfonamides is 1. The molecule has 2 atom stereocenters. The maximum atomic E-state index is 13.2. The van der Waals surface area contributed by atoms with Gasteiger partial charge in [0.15, 0.2) is 0 Å². The molecular formula is C24H32N4O6S. The van der Waals surface area contributed by atoms with Crippen LogP contribution < -0.4 is 5.69 Å². The number of rotatable bonds is 6. The number of likely N-dealkylation sites (tertiary alicyclic amines) is 1. The number of nitrogens with zero attached hydrogens (tertiary/aromatic N) is 4. The number of benzene rings is 1. The van der Waals surface area contributed by atoms with Crippen molar-refractivity contribution in [2.75, 3.05) is 26.2 Å². The van der Waals surface area contributed by atoms with E-state index < -0.39 is 15.7 Å². The van der Waals surface area contributed by atoms with E-state index in [2.05, 4.69) is 4.98 Å². The smallest absolute Gasteiger partial charge is 0.348 e. The Balaban J connectivity index is 1.58. The van der Waals surface area contributed by atoms with Crippen LogP contribution in [0.2, 0.25) is 0 Å². The Bertz CT molecular complexity index is 1270. The molecule has 2 fully saturated rings. The molecule has 11 heteroatoms. The summed E-state index contributed by atoms with van der Waals surface area (Å²) in [6.07, 6.45) is 5.33. The molecule has 190 valence electrons. The van der Waals surface area contributed by atoms with Crippen LogP contribution >= 0.6 is 0 Å². The monoisotopic (exact) mass is 504 g/mol. The molecule has 2 aromatic rings. The first kappa shape index (κ1) is 25.3. The van der Waals surface area contributed by atoms with Gasteiger partial charge in [-0.3, -0.25) is 14.2 Å². The lowest BCUT2D eigenvalue weighted by Gasteiger charge is -2.32. The third-order valence-electron chi connectivity index (χ3n) is 6.87. The number of fused-ring (bicyclic) bond motifs is 1. The molecule has 0 unspecified atom stereocenters. The summed E-state index contributed by atoms with van der Waals surface area (Å²) in [5.74, 6) is -0.986. The first-order valence-electron chi connectivity index (χ1n) is 12.2. The fraction of sp³-hybridized carbons (Fsp3) is 0.583. The van der Waals surface area contributed by atoms with E-state index in [1.54, 1.807) is 17.9 Å². The van der Waals surface area contributed by atoms with E-state index in [1.807, 2.05) is 6.92 Å². The lowest BCUT2D eigenvalue weighted by molar-refractivity contribution is -0.151. The number of carbonyl (C=O) groups excluding carboxylic acids is 2. The third-order valence-corrected chi connectivity index (χ3v) is 8.88. The van der Waals surface area contributed by atoms with E-state index >= 15 is 0 Å². The predicted molar refractivity (Wildman–Crippen MR) is 129 cm³/mol. The van der Waals surface area contributed by atoms with Gasteiger partial charge in [-0.25, -0.2) is 18.2 Å². The summed E-state index contributed by atoms with van der Waals surface area (Å²) in [5.41, 5.74) is -0.159. The van der Waals surface area contributed by atoms with E-state index in [1.165, 1.54) is 27.2 Å². The highest BCUT2D eigenvalue weighted by Crippen LogP contribution is 2.27. The second-order valence-electron chi connectivity index (χ2n) is 9.24. The van der Waals surface area contributed by atoms with Crippen molar-refractivity contribution in [2.24, 2.45) is 5.92 Å². The summed E-state index contributed by atoms with van der Waals surface area (Å²) in [6, 6.07) is 4.48. The molecule has 2 aliphatic heterocycles. The molecule has 0 N–H and O–H groups in total. The number of hydrogen-bond acceptors (Lipinski definition) is 7. The van der Waals surface area contributed by atoms with Crippen LogP contribution in [0, 0.1) is 5.92 Å². The molecule has 2 saturated heterocycles. The molecule has 0 spiro atoms. The minimum atomic E-state index is -3.69. The molecule has 0 saturated carbocycles. The fourth-order valence-electron chi connectivity index (χ4n) is 4.95. The Labute approximate surface area is 204 Å². The van der Waals surface area contributed by atoms with Gasteiger partial charge in [0.05, 0.1) is 22.9 Å². The summed E-state index contributed by atoms with van der Waals surface area (Å²) in [4.78, 5) is 43.3. The molecular weight excluding hydrogens is 472 g/mol. The predicted octanol–water partition coefficient (Wildman–Crippen LogP) is 1.76. The molecule has 1 amide bonds. The number of piperidine rings is 2. The molecule has 0 bridgehead atoms. The largest absolute Gasteiger partial charge is 0.466 e. The standard InChI is InChI=1S/C24H32N4O6S/c1-3-34-23(30)18-8-6-11-26(15-18)22(29)16-27-21-10-9-20(13-19(21)14-25-24(27)31)35(32,33)28-12-5-4-7-17(28)2/h9-10,13-14,17-18H,3-8,11-12,15-16H2,1-2H3/t17-,18-/m1/s1. The first-order valence-corrected chi connectivity index (χ1v) is 13.6. The molecule has 10 nitrogen and oxygen atoms in total. The molecule has 3 heterocycles. The van der Waals surface area contributed by atoms with Crippen molar-refractivity contribution in [1.82, 2.24) is 18.8 Å². The highest BCUT2D eigenvalue weighted by molar-refractivity contribution is 7.89. The normalized spacial score (nSPS) is 21.7. The number of esters is 1. The lowest BCUT2D eigenvalue weighted by Crippen LogP contribution is -2.45. The first-order chi connectivity index (χ1) is 16.7. The van der Waals surface area contributed by atoms with E-state index in [4.69, 9.17) is 4.74 Å². The van der Waals surface area contributed by atoms with Crippen molar-refractivity contribution in [3.8, 4) is 0 Å². The maximum absolute atomic E-state index is 13.2. The van der Waals surface area contributed by atoms with Crippen LogP contribution in [0.4, 0.5) is 0 Å². The van der Waals surface area contributed by atoms with Crippen molar-refractivity contribution in [2.45, 2.75) is 63.4 Å². The molecule has 4 rings (SSSR count). The summed E-state index contributed by atoms with van der Waals surface area (Å²) >= 11 is 0. The number of aromatic nitrogens is 2. The van der Waals surface area contributed by atoms with Crippen LogP contribution in [0.15, 0.2) is 34.1 Å². The average molecular weight is 505 g/mol. The third kappa shape index (κ3) is 5.25. The SMILES string of the molecule is CCOC(=O)[C@@H]1CCCN(C(=O)Cn2c(=O)ncc3cc(S(=O)(=O)N4CCCC[C@H]4C)ccc32)C1. The van der Waals surface area contributed by atoms with Gasteiger partial charge in [0.25, 0.3) is 0 Å². The molecule has 2 aliphatic rings. The number of carbonyl (C=O) groups is 2. The van der Waals surface area contributed by atoms with Gasteiger partial charge in [-0.05, 0) is 57.7 Å². The molecule has 1 aromatic carbocycles. The second kappa shape index (κ2) is 10.4. The van der Waals surface area contributed by atoms with E-state index in [9.17, 15) is 22.8 Å². The van der Waals surface area contributed by atoms with Crippen LogP contribution in [-0.4, -0.2) is 71.3 Å². The van der Waals surface area contributed by atoms with Crippen LogP contribution in [0.5, 0.6) is 0 Å². The van der Waals surface area contributed by atoms with Gasteiger partial charge >= 0.3 is 11.7 Å². The topological polar surface area (TPSA) is 119 Å². The number of amides is 1. The molecule has 1 aromatic heterocycles. The summed E-state index contributed by atoms with van der Waals surface area (Å²) < 4.78 is 34.4. The van der Waals surface area contributed by atoms with Gasteiger partial charge in [-0.1, -0.05) is 6.42 Å². The van der Waals surface area contributed by atoms with Gasteiger partial charge in [0.2, 0.25) is 15.9 Å². The highest BCUT2D eigenvalue weighted by atomic mass is 32.2. The zero-order chi connectivity index (χ0) is 25.2. The van der Waals surface area contributed by atoms with Gasteiger partial charge in [-0.15, -0.1) is 0 Å². The van der Waals surface area contributed by atoms with E-state index in [-0.39, 0.29) is 48.4 Å². The van der Waals surface area contributed by atoms with Crippen molar-refractivity contribution in [3.05, 3.63) is 34.9 Å². The van der Waals surface area contributed by atoms with Crippen molar-refractivity contribution >= 4 is 32.8 Å². The number of ether oxygens (including phenoxy) is 1.